The van der Waals surface area contributed by atoms with Crippen molar-refractivity contribution in [1.29, 1.82) is 0 Å². The van der Waals surface area contributed by atoms with Crippen molar-refractivity contribution in [3.8, 4) is 0 Å². The van der Waals surface area contributed by atoms with E-state index in [1.807, 2.05) is 11.8 Å². The molecule has 0 unspecified atom stereocenters. The summed E-state index contributed by atoms with van der Waals surface area (Å²) in [6, 6.07) is 20.1. The lowest BCUT2D eigenvalue weighted by Crippen LogP contribution is -2.48. The lowest BCUT2D eigenvalue weighted by Gasteiger charge is -2.36. The molecule has 1 nitrogen and oxygen atoms in total. The summed E-state index contributed by atoms with van der Waals surface area (Å²) >= 11 is 2.03. The Morgan fingerprint density at radius 3 is 2.52 bits per heavy atom. The van der Waals surface area contributed by atoms with Crippen molar-refractivity contribution in [3.05, 3.63) is 65.7 Å². The fraction of sp³-hybridized carbons (Fsp3) is 0.429. The second kappa shape index (κ2) is 7.55. The van der Waals surface area contributed by atoms with E-state index < -0.39 is 0 Å². The molecular weight excluding hydrogens is 298 g/mol. The molecule has 0 aliphatic carbocycles. The van der Waals surface area contributed by atoms with Crippen molar-refractivity contribution in [2.45, 2.75) is 56.0 Å². The fourth-order valence-corrected chi connectivity index (χ4v) is 4.83. The van der Waals surface area contributed by atoms with E-state index in [-0.39, 0.29) is 5.54 Å². The van der Waals surface area contributed by atoms with E-state index in [1.54, 1.807) is 0 Å². The second-order valence-electron chi connectivity index (χ2n) is 6.55. The molecule has 23 heavy (non-hydrogen) atoms. The van der Waals surface area contributed by atoms with E-state index in [1.165, 1.54) is 41.7 Å². The smallest absolute Gasteiger partial charge is 0.0592 e. The van der Waals surface area contributed by atoms with Crippen LogP contribution in [0, 0.1) is 0 Å². The van der Waals surface area contributed by atoms with Crippen molar-refractivity contribution in [2.24, 2.45) is 0 Å². The van der Waals surface area contributed by atoms with Crippen molar-refractivity contribution >= 4 is 11.8 Å². The number of benzene rings is 2. The van der Waals surface area contributed by atoms with Crippen molar-refractivity contribution in [3.63, 3.8) is 0 Å². The van der Waals surface area contributed by atoms with Gasteiger partial charge >= 0.3 is 0 Å². The molecule has 1 heterocycles. The zero-order valence-corrected chi connectivity index (χ0v) is 15.0. The van der Waals surface area contributed by atoms with Crippen LogP contribution in [0.1, 0.15) is 56.7 Å². The summed E-state index contributed by atoms with van der Waals surface area (Å²) in [5.41, 5.74) is 3.02. The minimum Gasteiger partial charge on any atom is -0.300 e. The van der Waals surface area contributed by atoms with Gasteiger partial charge in [-0.15, -0.1) is 11.8 Å². The molecule has 0 aromatic heterocycles. The van der Waals surface area contributed by atoms with Gasteiger partial charge in [-0.05, 0) is 30.0 Å². The summed E-state index contributed by atoms with van der Waals surface area (Å²) in [6.07, 6.45) is 4.98. The number of fused-ring (bicyclic) bond motifs is 1. The second-order valence-corrected chi connectivity index (χ2v) is 7.57. The highest BCUT2D eigenvalue weighted by Crippen LogP contribution is 2.40. The molecule has 122 valence electrons. The number of hydrogen-bond donors (Lipinski definition) is 1. The number of nitrogens with one attached hydrogen (secondary N) is 1. The van der Waals surface area contributed by atoms with Crippen molar-refractivity contribution in [2.75, 3.05) is 5.75 Å². The minimum absolute atomic E-state index is 0.222. The molecule has 0 amide bonds. The average molecular weight is 326 g/mol. The molecule has 2 aromatic carbocycles. The quantitative estimate of drug-likeness (QED) is 0.744. The third kappa shape index (κ3) is 3.64. The van der Waals surface area contributed by atoms with Crippen LogP contribution in [-0.2, 0) is 0 Å². The molecule has 2 heteroatoms. The average Bonchev–Trinajstić information content (AvgIpc) is 2.79. The maximum absolute atomic E-state index is 4.07. The van der Waals surface area contributed by atoms with Crippen LogP contribution in [-0.4, -0.2) is 11.3 Å². The Hall–Kier alpha value is -1.25. The third-order valence-corrected chi connectivity index (χ3v) is 6.38. The third-order valence-electron chi connectivity index (χ3n) is 5.00. The van der Waals surface area contributed by atoms with E-state index in [2.05, 4.69) is 73.8 Å². The van der Waals surface area contributed by atoms with Gasteiger partial charge in [0.25, 0.3) is 0 Å². The van der Waals surface area contributed by atoms with E-state index in [0.29, 0.717) is 6.04 Å². The molecular formula is C21H27NS. The molecule has 1 aliphatic rings. The van der Waals surface area contributed by atoms with Gasteiger partial charge in [0.1, 0.15) is 0 Å². The highest BCUT2D eigenvalue weighted by atomic mass is 32.2. The number of unbranched alkanes of at least 4 members (excludes halogenated alkanes) is 1. The Morgan fingerprint density at radius 1 is 1.04 bits per heavy atom. The lowest BCUT2D eigenvalue weighted by molar-refractivity contribution is 0.298. The number of hydrogen-bond acceptors (Lipinski definition) is 2. The molecule has 3 rings (SSSR count). The monoisotopic (exact) mass is 325 g/mol. The number of rotatable bonds is 5. The van der Waals surface area contributed by atoms with Crippen LogP contribution in [0.25, 0.3) is 0 Å². The van der Waals surface area contributed by atoms with Gasteiger partial charge in [-0.3, -0.25) is 5.32 Å². The van der Waals surface area contributed by atoms with Gasteiger partial charge in [0.05, 0.1) is 6.04 Å². The zero-order valence-electron chi connectivity index (χ0n) is 14.2. The summed E-state index contributed by atoms with van der Waals surface area (Å²) in [5, 5.41) is 4.07. The molecule has 0 saturated heterocycles. The predicted molar refractivity (Wildman–Crippen MR) is 101 cm³/mol. The van der Waals surface area contributed by atoms with E-state index in [0.717, 1.165) is 5.75 Å². The maximum atomic E-state index is 4.07. The Balaban J connectivity index is 2.01. The predicted octanol–water partition coefficient (Wildman–Crippen LogP) is 5.81. The molecule has 0 radical (unpaired) electrons. The lowest BCUT2D eigenvalue weighted by atomic mass is 9.88. The number of thioether (sulfide) groups is 1. The zero-order chi connectivity index (χ0) is 16.1. The summed E-state index contributed by atoms with van der Waals surface area (Å²) < 4.78 is 0. The van der Waals surface area contributed by atoms with Gasteiger partial charge in [0.15, 0.2) is 0 Å². The van der Waals surface area contributed by atoms with Gasteiger partial charge in [0, 0.05) is 16.2 Å². The van der Waals surface area contributed by atoms with Crippen LogP contribution in [0.2, 0.25) is 0 Å². The van der Waals surface area contributed by atoms with Crippen LogP contribution in [0.4, 0.5) is 0 Å². The molecule has 1 aliphatic heterocycles. The van der Waals surface area contributed by atoms with Crippen LogP contribution in [0.3, 0.4) is 0 Å². The molecule has 2 atom stereocenters. The molecule has 0 saturated carbocycles. The summed E-state index contributed by atoms with van der Waals surface area (Å²) in [6.45, 7) is 4.62. The summed E-state index contributed by atoms with van der Waals surface area (Å²) in [7, 11) is 0. The maximum Gasteiger partial charge on any atom is 0.0592 e. The minimum atomic E-state index is 0.222. The standard InChI is InChI=1S/C21H27NS/c1-3-5-15-21(4-2)16-23-19-14-10-9-13-18(19)20(22-21)17-11-7-6-8-12-17/h6-14,20,22H,3-5,15-16H2,1-2H3/t20-,21-/m1/s1. The van der Waals surface area contributed by atoms with Crippen molar-refractivity contribution < 1.29 is 0 Å². The topological polar surface area (TPSA) is 12.0 Å². The van der Waals surface area contributed by atoms with Gasteiger partial charge in [-0.1, -0.05) is 75.2 Å². The summed E-state index contributed by atoms with van der Waals surface area (Å²) in [5.74, 6) is 1.16. The van der Waals surface area contributed by atoms with Gasteiger partial charge in [-0.25, -0.2) is 0 Å². The Kier molecular flexibility index (Phi) is 5.45. The van der Waals surface area contributed by atoms with Crippen LogP contribution >= 0.6 is 11.8 Å². The summed E-state index contributed by atoms with van der Waals surface area (Å²) in [4.78, 5) is 1.43. The SMILES string of the molecule is CCCC[C@]1(CC)CSc2ccccc2[C@@H](c2ccccc2)N1. The van der Waals surface area contributed by atoms with Gasteiger partial charge < -0.3 is 0 Å². The van der Waals surface area contributed by atoms with E-state index in [9.17, 15) is 0 Å². The first-order chi connectivity index (χ1) is 11.3. The fourth-order valence-electron chi connectivity index (χ4n) is 3.44. The molecule has 1 N–H and O–H groups in total. The molecule has 2 aromatic rings. The Labute approximate surface area is 144 Å². The van der Waals surface area contributed by atoms with E-state index in [4.69, 9.17) is 0 Å². The molecule has 0 bridgehead atoms. The Morgan fingerprint density at radius 2 is 1.78 bits per heavy atom. The highest BCUT2D eigenvalue weighted by Gasteiger charge is 2.35. The first-order valence-electron chi connectivity index (χ1n) is 8.82. The normalized spacial score (nSPS) is 24.0. The first-order valence-corrected chi connectivity index (χ1v) is 9.81. The molecule has 0 fully saturated rings. The van der Waals surface area contributed by atoms with Crippen molar-refractivity contribution in [1.82, 2.24) is 5.32 Å². The molecule has 0 spiro atoms. The van der Waals surface area contributed by atoms with E-state index >= 15 is 0 Å². The van der Waals surface area contributed by atoms with Gasteiger partial charge in [-0.2, -0.15) is 0 Å². The highest BCUT2D eigenvalue weighted by molar-refractivity contribution is 7.99. The first kappa shape index (κ1) is 16.6. The van der Waals surface area contributed by atoms with Crippen LogP contribution < -0.4 is 5.32 Å². The largest absolute Gasteiger partial charge is 0.300 e. The van der Waals surface area contributed by atoms with Crippen LogP contribution in [0.15, 0.2) is 59.5 Å². The van der Waals surface area contributed by atoms with Gasteiger partial charge in [0.2, 0.25) is 0 Å². The Bertz CT molecular complexity index is 625. The van der Waals surface area contributed by atoms with Crippen LogP contribution in [0.5, 0.6) is 0 Å².